The molecule has 3 aromatic rings. The highest BCUT2D eigenvalue weighted by Gasteiger charge is 2.17. The van der Waals surface area contributed by atoms with Gasteiger partial charge in [0.05, 0.1) is 10.7 Å². The molecule has 2 amide bonds. The van der Waals surface area contributed by atoms with Crippen molar-refractivity contribution in [2.24, 2.45) is 0 Å². The summed E-state index contributed by atoms with van der Waals surface area (Å²) in [6.45, 7) is 5.61. The molecule has 0 spiro atoms. The summed E-state index contributed by atoms with van der Waals surface area (Å²) in [5.41, 5.74) is 3.71. The number of rotatable bonds is 6. The molecule has 160 valence electrons. The highest BCUT2D eigenvalue weighted by molar-refractivity contribution is 6.35. The fraction of sp³-hybridized carbons (Fsp3) is 0.167. The van der Waals surface area contributed by atoms with Gasteiger partial charge in [0.2, 0.25) is 0 Å². The zero-order chi connectivity index (χ0) is 22.5. The second-order valence-corrected chi connectivity index (χ2v) is 7.94. The van der Waals surface area contributed by atoms with Gasteiger partial charge in [0, 0.05) is 16.3 Å². The molecule has 0 bridgehead atoms. The molecule has 0 radical (unpaired) electrons. The summed E-state index contributed by atoms with van der Waals surface area (Å²) in [6.07, 6.45) is -0.718. The zero-order valence-electron chi connectivity index (χ0n) is 17.3. The van der Waals surface area contributed by atoms with Crippen LogP contribution in [0.2, 0.25) is 10.0 Å². The summed E-state index contributed by atoms with van der Waals surface area (Å²) in [5.74, 6) is -0.122. The minimum absolute atomic E-state index is 0.258. The first-order valence-corrected chi connectivity index (χ1v) is 10.4. The molecule has 7 heteroatoms. The molecular formula is C24H22Cl2N2O3. The second kappa shape index (κ2) is 9.86. The van der Waals surface area contributed by atoms with Crippen molar-refractivity contribution in [2.45, 2.75) is 26.9 Å². The fourth-order valence-corrected chi connectivity index (χ4v) is 3.19. The first-order valence-electron chi connectivity index (χ1n) is 9.65. The number of hydrogen-bond acceptors (Lipinski definition) is 3. The van der Waals surface area contributed by atoms with E-state index in [0.29, 0.717) is 27.0 Å². The van der Waals surface area contributed by atoms with Crippen molar-refractivity contribution in [3.8, 4) is 5.75 Å². The van der Waals surface area contributed by atoms with Crippen molar-refractivity contribution >= 4 is 46.4 Å². The summed E-state index contributed by atoms with van der Waals surface area (Å²) in [5, 5.41) is 6.47. The molecule has 0 aromatic heterocycles. The second-order valence-electron chi connectivity index (χ2n) is 7.10. The molecule has 0 unspecified atom stereocenters. The molecule has 2 N–H and O–H groups in total. The van der Waals surface area contributed by atoms with Crippen molar-refractivity contribution < 1.29 is 14.3 Å². The largest absolute Gasteiger partial charge is 0.481 e. The number of anilines is 2. The number of carbonyl (C=O) groups is 2. The lowest BCUT2D eigenvalue weighted by atomic mass is 10.1. The first kappa shape index (κ1) is 22.7. The van der Waals surface area contributed by atoms with E-state index in [1.807, 2.05) is 32.0 Å². The lowest BCUT2D eigenvalue weighted by Gasteiger charge is -2.16. The Morgan fingerprint density at radius 3 is 2.32 bits per heavy atom. The molecule has 3 aromatic carbocycles. The van der Waals surface area contributed by atoms with Gasteiger partial charge in [-0.05, 0) is 80.4 Å². The fourth-order valence-electron chi connectivity index (χ4n) is 2.85. The maximum atomic E-state index is 12.5. The Hall–Kier alpha value is -3.02. The van der Waals surface area contributed by atoms with Crippen LogP contribution in [0.15, 0.2) is 60.7 Å². The summed E-state index contributed by atoms with van der Waals surface area (Å²) >= 11 is 12.0. The highest BCUT2D eigenvalue weighted by Crippen LogP contribution is 2.26. The van der Waals surface area contributed by atoms with E-state index in [2.05, 4.69) is 10.6 Å². The van der Waals surface area contributed by atoms with Crippen LogP contribution in [-0.2, 0) is 4.79 Å². The van der Waals surface area contributed by atoms with Gasteiger partial charge in [-0.2, -0.15) is 0 Å². The molecule has 0 aliphatic rings. The van der Waals surface area contributed by atoms with Gasteiger partial charge in [-0.15, -0.1) is 0 Å². The van der Waals surface area contributed by atoms with Crippen LogP contribution in [0.5, 0.6) is 5.75 Å². The maximum Gasteiger partial charge on any atom is 0.265 e. The van der Waals surface area contributed by atoms with E-state index in [4.69, 9.17) is 27.9 Å². The van der Waals surface area contributed by atoms with Crippen molar-refractivity contribution in [2.75, 3.05) is 10.6 Å². The van der Waals surface area contributed by atoms with Crippen LogP contribution < -0.4 is 15.4 Å². The number of hydrogen-bond donors (Lipinski definition) is 2. The minimum atomic E-state index is -0.718. The van der Waals surface area contributed by atoms with Crippen molar-refractivity contribution in [1.82, 2.24) is 0 Å². The number of ether oxygens (including phenoxy) is 1. The van der Waals surface area contributed by atoms with E-state index < -0.39 is 6.10 Å². The Labute approximate surface area is 191 Å². The maximum absolute atomic E-state index is 12.5. The third kappa shape index (κ3) is 5.78. The predicted octanol–water partition coefficient (Wildman–Crippen LogP) is 6.27. The summed E-state index contributed by atoms with van der Waals surface area (Å²) in [4.78, 5) is 25.0. The van der Waals surface area contributed by atoms with Gasteiger partial charge in [-0.1, -0.05) is 35.3 Å². The van der Waals surface area contributed by atoms with E-state index in [1.165, 1.54) is 0 Å². The molecule has 3 rings (SSSR count). The number of aryl methyl sites for hydroxylation is 1. The van der Waals surface area contributed by atoms with E-state index in [-0.39, 0.29) is 11.8 Å². The van der Waals surface area contributed by atoms with E-state index in [9.17, 15) is 9.59 Å². The molecule has 0 saturated heterocycles. The Morgan fingerprint density at radius 2 is 1.61 bits per heavy atom. The van der Waals surface area contributed by atoms with Crippen molar-refractivity contribution in [1.29, 1.82) is 0 Å². The summed E-state index contributed by atoms with van der Waals surface area (Å²) < 4.78 is 5.72. The lowest BCUT2D eigenvalue weighted by Crippen LogP contribution is -2.30. The number of amides is 2. The predicted molar refractivity (Wildman–Crippen MR) is 125 cm³/mol. The van der Waals surface area contributed by atoms with Crippen LogP contribution in [-0.4, -0.2) is 17.9 Å². The molecule has 0 saturated carbocycles. The Bertz CT molecular complexity index is 1110. The normalized spacial score (nSPS) is 11.5. The van der Waals surface area contributed by atoms with Gasteiger partial charge in [-0.3, -0.25) is 9.59 Å². The standard InChI is InChI=1S/C24H22Cl2N2O3/c1-14-5-4-6-21(15(14)2)27-23(29)16(3)31-19-10-7-17(8-11-19)24(30)28-22-13-18(25)9-12-20(22)26/h4-13,16H,1-3H3,(H,27,29)(H,28,30)/t16-/m0/s1. The number of halogens is 2. The Morgan fingerprint density at radius 1 is 0.903 bits per heavy atom. The lowest BCUT2D eigenvalue weighted by molar-refractivity contribution is -0.122. The first-order chi connectivity index (χ1) is 14.7. The smallest absolute Gasteiger partial charge is 0.265 e. The highest BCUT2D eigenvalue weighted by atomic mass is 35.5. The van der Waals surface area contributed by atoms with Gasteiger partial charge in [0.25, 0.3) is 11.8 Å². The SMILES string of the molecule is Cc1cccc(NC(=O)[C@H](C)Oc2ccc(C(=O)Nc3cc(Cl)ccc3Cl)cc2)c1C. The Balaban J connectivity index is 1.61. The van der Waals surface area contributed by atoms with Crippen LogP contribution in [0, 0.1) is 13.8 Å². The van der Waals surface area contributed by atoms with Gasteiger partial charge >= 0.3 is 0 Å². The van der Waals surface area contributed by atoms with Crippen LogP contribution in [0.4, 0.5) is 11.4 Å². The van der Waals surface area contributed by atoms with E-state index in [0.717, 1.165) is 16.8 Å². The van der Waals surface area contributed by atoms with Gasteiger partial charge in [0.1, 0.15) is 5.75 Å². The quantitative estimate of drug-likeness (QED) is 0.459. The monoisotopic (exact) mass is 456 g/mol. The van der Waals surface area contributed by atoms with E-state index >= 15 is 0 Å². The van der Waals surface area contributed by atoms with Gasteiger partial charge in [-0.25, -0.2) is 0 Å². The zero-order valence-corrected chi connectivity index (χ0v) is 18.8. The summed E-state index contributed by atoms with van der Waals surface area (Å²) in [7, 11) is 0. The molecule has 0 heterocycles. The topological polar surface area (TPSA) is 67.4 Å². The molecule has 5 nitrogen and oxygen atoms in total. The number of carbonyl (C=O) groups excluding carboxylic acids is 2. The third-order valence-corrected chi connectivity index (χ3v) is 5.40. The molecule has 0 aliphatic carbocycles. The van der Waals surface area contributed by atoms with Gasteiger partial charge < -0.3 is 15.4 Å². The number of nitrogens with one attached hydrogen (secondary N) is 2. The average Bonchev–Trinajstić information content (AvgIpc) is 2.74. The van der Waals surface area contributed by atoms with Crippen LogP contribution in [0.25, 0.3) is 0 Å². The van der Waals surface area contributed by atoms with Crippen LogP contribution in [0.3, 0.4) is 0 Å². The minimum Gasteiger partial charge on any atom is -0.481 e. The van der Waals surface area contributed by atoms with Crippen LogP contribution in [0.1, 0.15) is 28.4 Å². The Kier molecular flexibility index (Phi) is 7.21. The van der Waals surface area contributed by atoms with Crippen LogP contribution >= 0.6 is 23.2 Å². The van der Waals surface area contributed by atoms with Crippen molar-refractivity contribution in [3.05, 3.63) is 87.4 Å². The van der Waals surface area contributed by atoms with Crippen molar-refractivity contribution in [3.63, 3.8) is 0 Å². The molecular weight excluding hydrogens is 435 g/mol. The molecule has 0 fully saturated rings. The number of benzene rings is 3. The van der Waals surface area contributed by atoms with Gasteiger partial charge in [0.15, 0.2) is 6.10 Å². The molecule has 1 atom stereocenters. The summed E-state index contributed by atoms with van der Waals surface area (Å²) in [6, 6.07) is 17.1. The van der Waals surface area contributed by atoms with E-state index in [1.54, 1.807) is 49.4 Å². The third-order valence-electron chi connectivity index (χ3n) is 4.84. The molecule has 0 aliphatic heterocycles. The molecule has 31 heavy (non-hydrogen) atoms. The average molecular weight is 457 g/mol.